The Balaban J connectivity index is 1.79. The summed E-state index contributed by atoms with van der Waals surface area (Å²) in [6.45, 7) is 0. The van der Waals surface area contributed by atoms with Crippen LogP contribution >= 0.6 is 0 Å². The second kappa shape index (κ2) is 5.42. The van der Waals surface area contributed by atoms with E-state index >= 15 is 0 Å². The molecule has 0 spiro atoms. The topological polar surface area (TPSA) is 97.4 Å². The third-order valence-corrected chi connectivity index (χ3v) is 4.04. The molecule has 0 saturated carbocycles. The van der Waals surface area contributed by atoms with E-state index in [1.807, 2.05) is 12.1 Å². The van der Waals surface area contributed by atoms with Crippen LogP contribution in [0.1, 0.15) is 30.2 Å². The van der Waals surface area contributed by atoms with Gasteiger partial charge in [-0.1, -0.05) is 6.07 Å². The molecule has 1 heterocycles. The van der Waals surface area contributed by atoms with Crippen molar-refractivity contribution in [1.82, 2.24) is 0 Å². The van der Waals surface area contributed by atoms with Crippen molar-refractivity contribution in [2.45, 2.75) is 25.3 Å². The smallest absolute Gasteiger partial charge is 0.296 e. The van der Waals surface area contributed by atoms with Gasteiger partial charge in [0, 0.05) is 17.7 Å². The van der Waals surface area contributed by atoms with Crippen molar-refractivity contribution >= 4 is 21.6 Å². The van der Waals surface area contributed by atoms with E-state index in [-0.39, 0.29) is 6.04 Å². The largest absolute Gasteiger partial charge is 0.469 e. The van der Waals surface area contributed by atoms with Gasteiger partial charge < -0.3 is 9.73 Å². The van der Waals surface area contributed by atoms with E-state index in [4.69, 9.17) is 9.56 Å². The Bertz CT molecular complexity index is 739. The highest BCUT2D eigenvalue weighted by Crippen LogP contribution is 2.33. The maximum absolute atomic E-state index is 11.1. The van der Waals surface area contributed by atoms with Crippen molar-refractivity contribution in [1.29, 1.82) is 0 Å². The van der Waals surface area contributed by atoms with Gasteiger partial charge in [-0.15, -0.1) is 0 Å². The average Bonchev–Trinajstić information content (AvgIpc) is 2.86. The van der Waals surface area contributed by atoms with Crippen LogP contribution in [0, 0.1) is 0 Å². The summed E-state index contributed by atoms with van der Waals surface area (Å²) in [5.41, 5.74) is 2.44. The summed E-state index contributed by atoms with van der Waals surface area (Å²) < 4.78 is 29.9. The van der Waals surface area contributed by atoms with Crippen LogP contribution in [0.5, 0.6) is 0 Å². The molecule has 1 aliphatic carbocycles. The summed E-state index contributed by atoms with van der Waals surface area (Å²) in [6.07, 6.45) is 4.75. The van der Waals surface area contributed by atoms with E-state index in [2.05, 4.69) is 10.0 Å². The third-order valence-electron chi connectivity index (χ3n) is 3.52. The lowest BCUT2D eigenvalue weighted by Crippen LogP contribution is -2.21. The van der Waals surface area contributed by atoms with Crippen LogP contribution in [0.25, 0.3) is 0 Å². The molecule has 1 unspecified atom stereocenters. The van der Waals surface area contributed by atoms with Crippen LogP contribution in [-0.4, -0.2) is 8.42 Å². The van der Waals surface area contributed by atoms with Crippen molar-refractivity contribution in [3.63, 3.8) is 0 Å². The van der Waals surface area contributed by atoms with E-state index in [9.17, 15) is 8.42 Å². The van der Waals surface area contributed by atoms with Gasteiger partial charge in [-0.2, -0.15) is 8.42 Å². The molecule has 1 aliphatic rings. The summed E-state index contributed by atoms with van der Waals surface area (Å²) in [5, 5.41) is 8.39. The van der Waals surface area contributed by atoms with Crippen LogP contribution in [0.2, 0.25) is 0 Å². The minimum Gasteiger partial charge on any atom is -0.469 e. The molecule has 112 valence electrons. The van der Waals surface area contributed by atoms with Gasteiger partial charge in [0.05, 0.1) is 18.0 Å². The maximum Gasteiger partial charge on any atom is 0.296 e. The molecule has 0 aliphatic heterocycles. The number of anilines is 2. The van der Waals surface area contributed by atoms with Gasteiger partial charge >= 0.3 is 0 Å². The second-order valence-electron chi connectivity index (χ2n) is 5.12. The molecule has 2 aromatic rings. The highest BCUT2D eigenvalue weighted by atomic mass is 32.2. The molecule has 1 aromatic carbocycles. The number of benzene rings is 1. The lowest BCUT2D eigenvalue weighted by Gasteiger charge is -2.24. The van der Waals surface area contributed by atoms with Gasteiger partial charge in [-0.05, 0) is 37.1 Å². The molecule has 1 aromatic heterocycles. The minimum absolute atomic E-state index is 0.178. The highest BCUT2D eigenvalue weighted by molar-refractivity contribution is 7.90. The Morgan fingerprint density at radius 2 is 2.05 bits per heavy atom. The van der Waals surface area contributed by atoms with Crippen LogP contribution in [0.3, 0.4) is 0 Å². The van der Waals surface area contributed by atoms with Gasteiger partial charge in [0.25, 0.3) is 10.2 Å². The quantitative estimate of drug-likeness (QED) is 0.807. The zero-order valence-electron chi connectivity index (χ0n) is 11.4. The standard InChI is InChI=1S/C14H17N3O3S/c15-21(18,19)17-11-4-1-3-10(9-11)16-13-5-2-6-14-12(13)7-8-20-14/h1,3-4,7-9,13,16-17H,2,5-6H2,(H2,15,18,19). The van der Waals surface area contributed by atoms with Crippen LogP contribution in [0.15, 0.2) is 41.0 Å². The van der Waals surface area contributed by atoms with Crippen LogP contribution in [-0.2, 0) is 16.6 Å². The van der Waals surface area contributed by atoms with E-state index < -0.39 is 10.2 Å². The van der Waals surface area contributed by atoms with Crippen molar-refractivity contribution < 1.29 is 12.8 Å². The summed E-state index contributed by atoms with van der Waals surface area (Å²) in [7, 11) is -3.76. The van der Waals surface area contributed by atoms with Crippen molar-refractivity contribution in [2.75, 3.05) is 10.0 Å². The molecular formula is C14H17N3O3S. The predicted octanol–water partition coefficient (Wildman–Crippen LogP) is 2.38. The number of nitrogens with two attached hydrogens (primary N) is 1. The molecule has 0 amide bonds. The first-order valence-corrected chi connectivity index (χ1v) is 8.29. The number of furan rings is 1. The van der Waals surface area contributed by atoms with Gasteiger partial charge in [-0.3, -0.25) is 4.72 Å². The molecule has 0 fully saturated rings. The lowest BCUT2D eigenvalue weighted by molar-refractivity contribution is 0.461. The first-order valence-electron chi connectivity index (χ1n) is 6.75. The molecule has 6 nitrogen and oxygen atoms in total. The first kappa shape index (κ1) is 14.0. The summed E-state index contributed by atoms with van der Waals surface area (Å²) in [6, 6.07) is 9.20. The lowest BCUT2D eigenvalue weighted by atomic mass is 9.93. The Morgan fingerprint density at radius 1 is 1.24 bits per heavy atom. The highest BCUT2D eigenvalue weighted by Gasteiger charge is 2.22. The fourth-order valence-corrected chi connectivity index (χ4v) is 3.13. The number of rotatable bonds is 4. The predicted molar refractivity (Wildman–Crippen MR) is 81.2 cm³/mol. The molecule has 0 bridgehead atoms. The average molecular weight is 307 g/mol. The number of aryl methyl sites for hydroxylation is 1. The van der Waals surface area contributed by atoms with E-state index in [0.717, 1.165) is 30.7 Å². The zero-order chi connectivity index (χ0) is 14.9. The SMILES string of the molecule is NS(=O)(=O)Nc1cccc(NC2CCCc3occc32)c1. The Morgan fingerprint density at radius 3 is 2.86 bits per heavy atom. The monoisotopic (exact) mass is 307 g/mol. The molecule has 0 radical (unpaired) electrons. The number of hydrogen-bond donors (Lipinski definition) is 3. The second-order valence-corrected chi connectivity index (χ2v) is 6.41. The van der Waals surface area contributed by atoms with Crippen LogP contribution < -0.4 is 15.2 Å². The summed E-state index contributed by atoms with van der Waals surface area (Å²) in [5.74, 6) is 1.03. The van der Waals surface area contributed by atoms with Crippen molar-refractivity contribution in [2.24, 2.45) is 5.14 Å². The Kier molecular flexibility index (Phi) is 3.60. The molecule has 4 N–H and O–H groups in total. The van der Waals surface area contributed by atoms with Gasteiger partial charge in [0.15, 0.2) is 0 Å². The fourth-order valence-electron chi connectivity index (χ4n) is 2.67. The van der Waals surface area contributed by atoms with E-state index in [0.29, 0.717) is 5.69 Å². The normalized spacial score (nSPS) is 18.0. The molecular weight excluding hydrogens is 290 g/mol. The van der Waals surface area contributed by atoms with Crippen molar-refractivity contribution in [3.8, 4) is 0 Å². The molecule has 1 atom stereocenters. The first-order chi connectivity index (χ1) is 10.0. The third kappa shape index (κ3) is 3.37. The minimum atomic E-state index is -3.76. The van der Waals surface area contributed by atoms with Gasteiger partial charge in [0.1, 0.15) is 5.76 Å². The summed E-state index contributed by atoms with van der Waals surface area (Å²) >= 11 is 0. The number of hydrogen-bond acceptors (Lipinski definition) is 4. The molecule has 21 heavy (non-hydrogen) atoms. The van der Waals surface area contributed by atoms with Crippen molar-refractivity contribution in [3.05, 3.63) is 47.9 Å². The fraction of sp³-hybridized carbons (Fsp3) is 0.286. The van der Waals surface area contributed by atoms with Gasteiger partial charge in [0.2, 0.25) is 0 Å². The molecule has 7 heteroatoms. The van der Waals surface area contributed by atoms with E-state index in [1.165, 1.54) is 5.56 Å². The van der Waals surface area contributed by atoms with Crippen LogP contribution in [0.4, 0.5) is 11.4 Å². The number of fused-ring (bicyclic) bond motifs is 1. The maximum atomic E-state index is 11.1. The molecule has 0 saturated heterocycles. The van der Waals surface area contributed by atoms with E-state index in [1.54, 1.807) is 24.5 Å². The Hall–Kier alpha value is -1.99. The molecule has 3 rings (SSSR count). The summed E-state index contributed by atoms with van der Waals surface area (Å²) in [4.78, 5) is 0. The number of nitrogens with one attached hydrogen (secondary N) is 2. The zero-order valence-corrected chi connectivity index (χ0v) is 12.2. The van der Waals surface area contributed by atoms with Gasteiger partial charge in [-0.25, -0.2) is 5.14 Å². The Labute approximate surface area is 123 Å².